The predicted octanol–water partition coefficient (Wildman–Crippen LogP) is 2.45. The maximum atomic E-state index is 12.0. The molecule has 8 nitrogen and oxygen atoms in total. The number of aryl methyl sites for hydroxylation is 1. The fraction of sp³-hybridized carbons (Fsp3) is 0.267. The smallest absolute Gasteiger partial charge is 0.326 e. The molecule has 0 atom stereocenters. The molecule has 0 radical (unpaired) electrons. The van der Waals surface area contributed by atoms with Crippen molar-refractivity contribution in [3.05, 3.63) is 29.8 Å². The molecule has 0 aliphatic carbocycles. The van der Waals surface area contributed by atoms with Crippen molar-refractivity contribution in [3.63, 3.8) is 0 Å². The third-order valence-corrected chi connectivity index (χ3v) is 2.97. The Balaban J connectivity index is 2.12. The highest BCUT2D eigenvalue weighted by Gasteiger charge is 2.14. The van der Waals surface area contributed by atoms with E-state index in [0.29, 0.717) is 23.8 Å². The van der Waals surface area contributed by atoms with Crippen molar-refractivity contribution in [3.8, 4) is 5.75 Å². The summed E-state index contributed by atoms with van der Waals surface area (Å²) in [4.78, 5) is 20.2. The quantitative estimate of drug-likeness (QED) is 0.673. The number of carbonyl (C=O) groups is 1. The van der Waals surface area contributed by atoms with Crippen LogP contribution in [0.4, 0.5) is 28.1 Å². The van der Waals surface area contributed by atoms with E-state index in [-0.39, 0.29) is 11.8 Å². The number of urea groups is 1. The van der Waals surface area contributed by atoms with Gasteiger partial charge >= 0.3 is 6.03 Å². The van der Waals surface area contributed by atoms with Gasteiger partial charge in [-0.25, -0.2) is 4.79 Å². The lowest BCUT2D eigenvalue weighted by molar-refractivity contribution is 0.262. The van der Waals surface area contributed by atoms with Crippen LogP contribution in [-0.2, 0) is 0 Å². The van der Waals surface area contributed by atoms with Crippen LogP contribution in [0.15, 0.2) is 24.3 Å². The Hall–Kier alpha value is -3.03. The summed E-state index contributed by atoms with van der Waals surface area (Å²) in [6, 6.07) is 6.97. The molecule has 0 saturated carbocycles. The van der Waals surface area contributed by atoms with Crippen LogP contribution >= 0.6 is 0 Å². The molecule has 0 fully saturated rings. The van der Waals surface area contributed by atoms with Gasteiger partial charge in [-0.3, -0.25) is 5.32 Å². The second-order valence-corrected chi connectivity index (χ2v) is 4.79. The predicted molar refractivity (Wildman–Crippen MR) is 91.0 cm³/mol. The van der Waals surface area contributed by atoms with E-state index in [1.54, 1.807) is 0 Å². The molecule has 5 N–H and O–H groups in total. The summed E-state index contributed by atoms with van der Waals surface area (Å²) in [6.45, 7) is 4.51. The third kappa shape index (κ3) is 4.22. The minimum Gasteiger partial charge on any atom is -0.490 e. The normalized spacial score (nSPS) is 10.0. The zero-order valence-electron chi connectivity index (χ0n) is 13.3. The van der Waals surface area contributed by atoms with E-state index in [9.17, 15) is 4.79 Å². The van der Waals surface area contributed by atoms with Gasteiger partial charge in [0.2, 0.25) is 11.7 Å². The van der Waals surface area contributed by atoms with Crippen molar-refractivity contribution in [1.29, 1.82) is 0 Å². The number of nitrogens with zero attached hydrogens (tertiary/aromatic N) is 2. The number of methoxy groups -OCH3 is 1. The van der Waals surface area contributed by atoms with Crippen molar-refractivity contribution >= 4 is 29.3 Å². The monoisotopic (exact) mass is 316 g/mol. The topological polar surface area (TPSA) is 114 Å². The van der Waals surface area contributed by atoms with Crippen LogP contribution in [0, 0.1) is 6.92 Å². The van der Waals surface area contributed by atoms with Gasteiger partial charge in [-0.1, -0.05) is 17.7 Å². The number of hydrogen-bond acceptors (Lipinski definition) is 6. The number of aromatic nitrogens is 2. The van der Waals surface area contributed by atoms with E-state index in [1.807, 2.05) is 38.1 Å². The fourth-order valence-electron chi connectivity index (χ4n) is 1.91. The van der Waals surface area contributed by atoms with Crippen LogP contribution in [0.3, 0.4) is 0 Å². The minimum absolute atomic E-state index is 0.0869. The number of hydrogen-bond donors (Lipinski definition) is 4. The molecule has 1 aromatic heterocycles. The highest BCUT2D eigenvalue weighted by Crippen LogP contribution is 2.28. The Morgan fingerprint density at radius 3 is 2.52 bits per heavy atom. The average molecular weight is 316 g/mol. The molecule has 0 bridgehead atoms. The first kappa shape index (κ1) is 16.3. The van der Waals surface area contributed by atoms with Gasteiger partial charge in [0.1, 0.15) is 0 Å². The van der Waals surface area contributed by atoms with Crippen molar-refractivity contribution < 1.29 is 9.53 Å². The first-order chi connectivity index (χ1) is 11.0. The lowest BCUT2D eigenvalue weighted by atomic mass is 10.2. The number of amides is 2. The number of nitrogen functional groups attached to an aromatic ring is 1. The summed E-state index contributed by atoms with van der Waals surface area (Å²) < 4.78 is 5.15. The van der Waals surface area contributed by atoms with E-state index in [1.165, 1.54) is 7.11 Å². The van der Waals surface area contributed by atoms with Crippen molar-refractivity contribution in [1.82, 2.24) is 9.97 Å². The van der Waals surface area contributed by atoms with Gasteiger partial charge in [0.25, 0.3) is 0 Å². The molecular formula is C15H20N6O2. The number of rotatable bonds is 5. The molecular weight excluding hydrogens is 296 g/mol. The number of benzene rings is 1. The summed E-state index contributed by atoms with van der Waals surface area (Å²) in [7, 11) is 1.48. The number of nitrogens with two attached hydrogens (primary N) is 1. The molecule has 1 aromatic carbocycles. The molecule has 0 unspecified atom stereocenters. The van der Waals surface area contributed by atoms with E-state index in [2.05, 4.69) is 25.9 Å². The molecule has 2 rings (SSSR count). The van der Waals surface area contributed by atoms with E-state index >= 15 is 0 Å². The number of nitrogens with one attached hydrogen (secondary N) is 3. The Morgan fingerprint density at radius 2 is 1.91 bits per heavy atom. The second-order valence-electron chi connectivity index (χ2n) is 4.79. The zero-order valence-corrected chi connectivity index (χ0v) is 13.3. The Bertz CT molecular complexity index is 687. The van der Waals surface area contributed by atoms with Crippen molar-refractivity contribution in [2.45, 2.75) is 13.8 Å². The van der Waals surface area contributed by atoms with E-state index in [0.717, 1.165) is 5.56 Å². The van der Waals surface area contributed by atoms with Gasteiger partial charge in [0, 0.05) is 12.2 Å². The zero-order chi connectivity index (χ0) is 16.8. The van der Waals surface area contributed by atoms with Crippen LogP contribution in [0.5, 0.6) is 5.75 Å². The van der Waals surface area contributed by atoms with Crippen LogP contribution in [0.1, 0.15) is 12.5 Å². The Labute approximate surface area is 134 Å². The van der Waals surface area contributed by atoms with E-state index in [4.69, 9.17) is 10.5 Å². The number of ether oxygens (including phenoxy) is 1. The van der Waals surface area contributed by atoms with Crippen molar-refractivity contribution in [2.75, 3.05) is 35.3 Å². The summed E-state index contributed by atoms with van der Waals surface area (Å²) in [6.07, 6.45) is 0. The lowest BCUT2D eigenvalue weighted by Crippen LogP contribution is -2.21. The maximum Gasteiger partial charge on any atom is 0.326 e. The fourth-order valence-corrected chi connectivity index (χ4v) is 1.91. The van der Waals surface area contributed by atoms with Gasteiger partial charge in [0.05, 0.1) is 7.11 Å². The largest absolute Gasteiger partial charge is 0.490 e. The van der Waals surface area contributed by atoms with Gasteiger partial charge < -0.3 is 21.1 Å². The second kappa shape index (κ2) is 7.30. The van der Waals surface area contributed by atoms with Crippen LogP contribution in [0.2, 0.25) is 0 Å². The molecule has 122 valence electrons. The molecule has 0 spiro atoms. The standard InChI is InChI=1S/C15H20N6O2/c1-4-17-13-11(23-3)12(16)19-14(20-13)21-15(22)18-10-7-5-9(2)6-8-10/h5-8H,4H2,1-3H3,(H5,16,17,18,19,20,21,22). The highest BCUT2D eigenvalue weighted by molar-refractivity contribution is 5.98. The third-order valence-electron chi connectivity index (χ3n) is 2.97. The van der Waals surface area contributed by atoms with Gasteiger partial charge in [-0.15, -0.1) is 0 Å². The summed E-state index contributed by atoms with van der Waals surface area (Å²) in [5, 5.41) is 8.25. The first-order valence-electron chi connectivity index (χ1n) is 7.13. The van der Waals surface area contributed by atoms with Gasteiger partial charge in [-0.2, -0.15) is 9.97 Å². The summed E-state index contributed by atoms with van der Waals surface area (Å²) >= 11 is 0. The molecule has 23 heavy (non-hydrogen) atoms. The molecule has 0 saturated heterocycles. The van der Waals surface area contributed by atoms with Crippen LogP contribution in [0.25, 0.3) is 0 Å². The lowest BCUT2D eigenvalue weighted by Gasteiger charge is -2.13. The average Bonchev–Trinajstić information content (AvgIpc) is 2.50. The molecule has 2 amide bonds. The summed E-state index contributed by atoms with van der Waals surface area (Å²) in [5.74, 6) is 0.998. The van der Waals surface area contributed by atoms with Crippen molar-refractivity contribution in [2.24, 2.45) is 0 Å². The van der Waals surface area contributed by atoms with Gasteiger partial charge in [-0.05, 0) is 26.0 Å². The minimum atomic E-state index is -0.458. The summed E-state index contributed by atoms with van der Waals surface area (Å²) in [5.41, 5.74) is 7.60. The Morgan fingerprint density at radius 1 is 1.22 bits per heavy atom. The maximum absolute atomic E-state index is 12.0. The molecule has 8 heteroatoms. The Kier molecular flexibility index (Phi) is 5.19. The highest BCUT2D eigenvalue weighted by atomic mass is 16.5. The van der Waals surface area contributed by atoms with E-state index < -0.39 is 6.03 Å². The molecule has 0 aliphatic rings. The van der Waals surface area contributed by atoms with Crippen LogP contribution < -0.4 is 26.4 Å². The van der Waals surface area contributed by atoms with Gasteiger partial charge in [0.15, 0.2) is 11.6 Å². The SMILES string of the molecule is CCNc1nc(NC(=O)Nc2ccc(C)cc2)nc(N)c1OC. The number of carbonyl (C=O) groups excluding carboxylic acids is 1. The number of anilines is 4. The van der Waals surface area contributed by atoms with Crippen LogP contribution in [-0.4, -0.2) is 29.7 Å². The first-order valence-corrected chi connectivity index (χ1v) is 7.13. The molecule has 1 heterocycles. The molecule has 0 aliphatic heterocycles. The molecule has 2 aromatic rings.